The number of rotatable bonds is 4. The summed E-state index contributed by atoms with van der Waals surface area (Å²) in [4.78, 5) is 0. The minimum absolute atomic E-state index is 1.10. The summed E-state index contributed by atoms with van der Waals surface area (Å²) in [7, 11) is 0. The summed E-state index contributed by atoms with van der Waals surface area (Å²) >= 11 is 7.82. The lowest BCUT2D eigenvalue weighted by atomic mass is 9.78. The molecule has 0 saturated heterocycles. The highest BCUT2D eigenvalue weighted by molar-refractivity contribution is 9.14. The van der Waals surface area contributed by atoms with Gasteiger partial charge in [0.25, 0.3) is 0 Å². The number of hydrogen-bond donors (Lipinski definition) is 0. The van der Waals surface area contributed by atoms with Crippen LogP contribution in [-0.2, 0) is 0 Å². The van der Waals surface area contributed by atoms with Crippen LogP contribution in [0.25, 0.3) is 11.1 Å². The first kappa shape index (κ1) is 22.8. The standard InChI is InChI=1S/C32H24Br2/c1-21-13-17-25(18-14-21)27(23-9-5-3-6-10-23)29-30(32(34)31(29)33)28(24-11-7-4-8-12-24)26-19-15-22(2)16-20-26/h3-20H,1-2H3/b29-27+,30-28+. The predicted octanol–water partition coefficient (Wildman–Crippen LogP) is 9.62. The third-order valence-electron chi connectivity index (χ3n) is 6.19. The molecule has 1 aliphatic rings. The molecule has 0 radical (unpaired) electrons. The van der Waals surface area contributed by atoms with Crippen LogP contribution in [0, 0.1) is 13.8 Å². The molecule has 0 aliphatic heterocycles. The summed E-state index contributed by atoms with van der Waals surface area (Å²) in [6.07, 6.45) is 0. The Kier molecular flexibility index (Phi) is 6.54. The summed E-state index contributed by atoms with van der Waals surface area (Å²) < 4.78 is 2.20. The Morgan fingerprint density at radius 3 is 1.03 bits per heavy atom. The Morgan fingerprint density at radius 1 is 0.412 bits per heavy atom. The SMILES string of the molecule is Cc1ccc(/C(=C2C(Br)=C(Br)C/2=C(\c2ccccc2)c2ccc(C)cc2)c2ccccc2)cc1. The second kappa shape index (κ2) is 9.74. The second-order valence-electron chi connectivity index (χ2n) is 8.59. The smallest absolute Gasteiger partial charge is 0.0409 e. The minimum Gasteiger partial charge on any atom is -0.0622 e. The van der Waals surface area contributed by atoms with E-state index in [1.165, 1.54) is 55.7 Å². The molecule has 166 valence electrons. The average molecular weight is 568 g/mol. The lowest BCUT2D eigenvalue weighted by Crippen LogP contribution is -2.12. The van der Waals surface area contributed by atoms with Gasteiger partial charge in [-0.3, -0.25) is 0 Å². The fourth-order valence-electron chi connectivity index (χ4n) is 4.41. The van der Waals surface area contributed by atoms with Crippen molar-refractivity contribution in [1.82, 2.24) is 0 Å². The van der Waals surface area contributed by atoms with Crippen LogP contribution >= 0.6 is 31.9 Å². The van der Waals surface area contributed by atoms with Gasteiger partial charge >= 0.3 is 0 Å². The lowest BCUT2D eigenvalue weighted by Gasteiger charge is -2.31. The molecule has 0 spiro atoms. The van der Waals surface area contributed by atoms with Gasteiger partial charge in [-0.1, -0.05) is 120 Å². The third kappa shape index (κ3) is 4.29. The van der Waals surface area contributed by atoms with Crippen molar-refractivity contribution < 1.29 is 0 Å². The Balaban J connectivity index is 1.88. The Morgan fingerprint density at radius 2 is 0.706 bits per heavy atom. The summed E-state index contributed by atoms with van der Waals surface area (Å²) in [5.41, 5.74) is 12.2. The van der Waals surface area contributed by atoms with E-state index in [4.69, 9.17) is 0 Å². The van der Waals surface area contributed by atoms with Crippen LogP contribution in [0.3, 0.4) is 0 Å². The molecule has 0 amide bonds. The van der Waals surface area contributed by atoms with E-state index < -0.39 is 0 Å². The van der Waals surface area contributed by atoms with E-state index in [2.05, 4.69) is 155 Å². The molecule has 0 nitrogen and oxygen atoms in total. The number of halogens is 2. The molecule has 0 unspecified atom stereocenters. The van der Waals surface area contributed by atoms with E-state index in [-0.39, 0.29) is 0 Å². The Hall–Kier alpha value is -2.94. The van der Waals surface area contributed by atoms with Crippen LogP contribution in [0.2, 0.25) is 0 Å². The van der Waals surface area contributed by atoms with Crippen LogP contribution in [0.1, 0.15) is 33.4 Å². The lowest BCUT2D eigenvalue weighted by molar-refractivity contribution is 1.36. The number of aryl methyl sites for hydroxylation is 2. The normalized spacial score (nSPS) is 16.2. The van der Waals surface area contributed by atoms with E-state index in [0.29, 0.717) is 0 Å². The summed E-state index contributed by atoms with van der Waals surface area (Å²) in [5.74, 6) is 0. The first-order chi connectivity index (χ1) is 16.5. The van der Waals surface area contributed by atoms with Crippen LogP contribution in [0.4, 0.5) is 0 Å². The first-order valence-electron chi connectivity index (χ1n) is 11.3. The van der Waals surface area contributed by atoms with Crippen molar-refractivity contribution in [2.45, 2.75) is 13.8 Å². The zero-order chi connectivity index (χ0) is 23.7. The second-order valence-corrected chi connectivity index (χ2v) is 10.2. The summed E-state index contributed by atoms with van der Waals surface area (Å²) in [5, 5.41) is 0. The van der Waals surface area contributed by atoms with Crippen molar-refractivity contribution in [3.8, 4) is 0 Å². The number of allylic oxidation sites excluding steroid dienone is 4. The molecule has 0 fully saturated rings. The van der Waals surface area contributed by atoms with Gasteiger partial charge in [0.1, 0.15) is 0 Å². The topological polar surface area (TPSA) is 0 Å². The quantitative estimate of drug-likeness (QED) is 0.230. The fraction of sp³-hybridized carbons (Fsp3) is 0.0625. The van der Waals surface area contributed by atoms with Crippen LogP contribution < -0.4 is 0 Å². The highest BCUT2D eigenvalue weighted by Gasteiger charge is 2.33. The molecule has 4 aromatic rings. The molecule has 0 bridgehead atoms. The Bertz CT molecular complexity index is 1310. The van der Waals surface area contributed by atoms with Crippen molar-refractivity contribution in [1.29, 1.82) is 0 Å². The molecule has 0 aromatic heterocycles. The van der Waals surface area contributed by atoms with Gasteiger partial charge in [-0.15, -0.1) is 0 Å². The van der Waals surface area contributed by atoms with Crippen LogP contribution in [0.5, 0.6) is 0 Å². The zero-order valence-corrected chi connectivity index (χ0v) is 22.3. The molecule has 4 aromatic carbocycles. The predicted molar refractivity (Wildman–Crippen MR) is 152 cm³/mol. The van der Waals surface area contributed by atoms with E-state index in [9.17, 15) is 0 Å². The molecule has 0 N–H and O–H groups in total. The fourth-order valence-corrected chi connectivity index (χ4v) is 5.60. The van der Waals surface area contributed by atoms with E-state index >= 15 is 0 Å². The molecule has 0 atom stereocenters. The molecule has 0 saturated carbocycles. The number of hydrogen-bond acceptors (Lipinski definition) is 0. The maximum atomic E-state index is 3.91. The number of benzene rings is 4. The maximum absolute atomic E-state index is 3.91. The van der Waals surface area contributed by atoms with Gasteiger partial charge in [0.05, 0.1) is 0 Å². The van der Waals surface area contributed by atoms with Gasteiger partial charge < -0.3 is 0 Å². The van der Waals surface area contributed by atoms with Gasteiger partial charge in [0, 0.05) is 20.1 Å². The van der Waals surface area contributed by atoms with E-state index in [1.807, 2.05) is 0 Å². The monoisotopic (exact) mass is 566 g/mol. The molecular formula is C32H24Br2. The van der Waals surface area contributed by atoms with Crippen LogP contribution in [-0.4, -0.2) is 0 Å². The van der Waals surface area contributed by atoms with Crippen molar-refractivity contribution >= 4 is 43.0 Å². The van der Waals surface area contributed by atoms with Crippen molar-refractivity contribution in [3.05, 3.63) is 163 Å². The largest absolute Gasteiger partial charge is 0.0622 e. The molecule has 5 rings (SSSR count). The molecule has 34 heavy (non-hydrogen) atoms. The summed E-state index contributed by atoms with van der Waals surface area (Å²) in [6, 6.07) is 39.0. The van der Waals surface area contributed by atoms with Gasteiger partial charge in [-0.05, 0) is 79.1 Å². The van der Waals surface area contributed by atoms with Gasteiger partial charge in [-0.2, -0.15) is 0 Å². The van der Waals surface area contributed by atoms with Gasteiger partial charge in [0.2, 0.25) is 0 Å². The highest BCUT2D eigenvalue weighted by Crippen LogP contribution is 2.55. The molecule has 2 heteroatoms. The van der Waals surface area contributed by atoms with E-state index in [0.717, 1.165) is 8.96 Å². The Labute approximate surface area is 218 Å². The van der Waals surface area contributed by atoms with Gasteiger partial charge in [0.15, 0.2) is 0 Å². The van der Waals surface area contributed by atoms with Crippen molar-refractivity contribution in [3.63, 3.8) is 0 Å². The summed E-state index contributed by atoms with van der Waals surface area (Å²) in [6.45, 7) is 4.26. The highest BCUT2D eigenvalue weighted by atomic mass is 79.9. The minimum atomic E-state index is 1.10. The molecule has 1 aliphatic carbocycles. The average Bonchev–Trinajstić information content (AvgIpc) is 2.88. The molecule has 0 heterocycles. The van der Waals surface area contributed by atoms with Crippen molar-refractivity contribution in [2.75, 3.05) is 0 Å². The van der Waals surface area contributed by atoms with Crippen molar-refractivity contribution in [2.24, 2.45) is 0 Å². The van der Waals surface area contributed by atoms with E-state index in [1.54, 1.807) is 0 Å². The molecular weight excluding hydrogens is 544 g/mol. The van der Waals surface area contributed by atoms with Crippen LogP contribution in [0.15, 0.2) is 129 Å². The first-order valence-corrected chi connectivity index (χ1v) is 12.9. The zero-order valence-electron chi connectivity index (χ0n) is 19.1. The maximum Gasteiger partial charge on any atom is 0.0409 e. The van der Waals surface area contributed by atoms with Gasteiger partial charge in [-0.25, -0.2) is 0 Å². The third-order valence-corrected chi connectivity index (χ3v) is 8.31.